The topological polar surface area (TPSA) is 9.72 Å². The first-order valence-electron chi connectivity index (χ1n) is 11.3. The van der Waals surface area contributed by atoms with Crippen molar-refractivity contribution in [3.8, 4) is 0 Å². The Kier molecular flexibility index (Phi) is 21.5. The van der Waals surface area contributed by atoms with Crippen LogP contribution < -0.4 is 0 Å². The Hall–Kier alpha value is -0.120. The molecule has 3 nitrogen and oxygen atoms in total. The van der Waals surface area contributed by atoms with E-state index >= 15 is 0 Å². The molecule has 0 amide bonds. The Labute approximate surface area is 168 Å². The number of nitrogens with zero attached hydrogens (tertiary/aromatic N) is 3. The lowest BCUT2D eigenvalue weighted by Gasteiger charge is -2.42. The summed E-state index contributed by atoms with van der Waals surface area (Å²) in [6.45, 7) is 29.2. The number of rotatable bonds is 7. The second kappa shape index (κ2) is 18.3. The Morgan fingerprint density at radius 1 is 0.808 bits per heavy atom. The van der Waals surface area contributed by atoms with E-state index in [0.717, 1.165) is 11.8 Å². The highest BCUT2D eigenvalue weighted by Gasteiger charge is 2.33. The van der Waals surface area contributed by atoms with Crippen molar-refractivity contribution in [3.05, 3.63) is 0 Å². The van der Waals surface area contributed by atoms with Crippen LogP contribution in [0, 0.1) is 17.3 Å². The zero-order valence-corrected chi connectivity index (χ0v) is 20.9. The van der Waals surface area contributed by atoms with Crippen LogP contribution in [0.1, 0.15) is 75.7 Å². The van der Waals surface area contributed by atoms with E-state index in [0.29, 0.717) is 5.41 Å². The standard InChI is InChI=1S/C17H37N3.3C2H6/c1-15(8-9-18(5)6)17(3,4)16(2)14-20-12-10-19(7)11-13-20;3*1-2/h15-16H,8-14H2,1-7H3;3*1-2H3. The fraction of sp³-hybridized carbons (Fsp3) is 1.00. The molecule has 2 unspecified atom stereocenters. The Morgan fingerprint density at radius 3 is 1.62 bits per heavy atom. The second-order valence-corrected chi connectivity index (χ2v) is 7.82. The predicted molar refractivity (Wildman–Crippen MR) is 123 cm³/mol. The van der Waals surface area contributed by atoms with Gasteiger partial charge in [-0.05, 0) is 51.4 Å². The molecule has 0 saturated carbocycles. The van der Waals surface area contributed by atoms with Crippen LogP contribution in [0.3, 0.4) is 0 Å². The molecule has 1 aliphatic rings. The van der Waals surface area contributed by atoms with Crippen LogP contribution in [-0.2, 0) is 0 Å². The molecule has 1 aliphatic heterocycles. The van der Waals surface area contributed by atoms with E-state index in [9.17, 15) is 0 Å². The summed E-state index contributed by atoms with van der Waals surface area (Å²) in [6, 6.07) is 0. The maximum atomic E-state index is 2.66. The van der Waals surface area contributed by atoms with Crippen LogP contribution in [0.2, 0.25) is 0 Å². The molecule has 0 aliphatic carbocycles. The number of hydrogen-bond acceptors (Lipinski definition) is 3. The molecule has 0 aromatic heterocycles. The highest BCUT2D eigenvalue weighted by molar-refractivity contribution is 4.84. The molecule has 1 heterocycles. The van der Waals surface area contributed by atoms with Gasteiger partial charge in [0, 0.05) is 32.7 Å². The van der Waals surface area contributed by atoms with E-state index in [-0.39, 0.29) is 0 Å². The molecule has 0 spiro atoms. The second-order valence-electron chi connectivity index (χ2n) is 7.82. The van der Waals surface area contributed by atoms with E-state index in [1.807, 2.05) is 41.5 Å². The molecule has 162 valence electrons. The third-order valence-corrected chi connectivity index (χ3v) is 5.68. The number of piperazine rings is 1. The normalized spacial score (nSPS) is 17.8. The Morgan fingerprint density at radius 2 is 1.23 bits per heavy atom. The van der Waals surface area contributed by atoms with Crippen LogP contribution in [0.25, 0.3) is 0 Å². The van der Waals surface area contributed by atoms with Gasteiger partial charge in [-0.3, -0.25) is 0 Å². The first-order valence-corrected chi connectivity index (χ1v) is 11.3. The van der Waals surface area contributed by atoms with Gasteiger partial charge in [-0.1, -0.05) is 69.2 Å². The summed E-state index contributed by atoms with van der Waals surface area (Å²) in [6.07, 6.45) is 1.30. The average molecular weight is 374 g/mol. The highest BCUT2D eigenvalue weighted by Crippen LogP contribution is 2.37. The van der Waals surface area contributed by atoms with E-state index in [4.69, 9.17) is 0 Å². The van der Waals surface area contributed by atoms with Crippen molar-refractivity contribution in [1.29, 1.82) is 0 Å². The smallest absolute Gasteiger partial charge is 0.0110 e. The maximum absolute atomic E-state index is 2.66. The molecule has 2 atom stereocenters. The fourth-order valence-electron chi connectivity index (χ4n) is 2.96. The molecule has 0 bridgehead atoms. The minimum absolute atomic E-state index is 0.416. The van der Waals surface area contributed by atoms with Crippen molar-refractivity contribution in [2.45, 2.75) is 75.7 Å². The molecule has 26 heavy (non-hydrogen) atoms. The Bertz CT molecular complexity index is 269. The van der Waals surface area contributed by atoms with Crippen LogP contribution in [-0.4, -0.2) is 75.1 Å². The summed E-state index contributed by atoms with van der Waals surface area (Å²) in [5.41, 5.74) is 0.416. The quantitative estimate of drug-likeness (QED) is 0.578. The lowest BCUT2D eigenvalue weighted by atomic mass is 9.69. The van der Waals surface area contributed by atoms with E-state index in [2.05, 4.69) is 63.5 Å². The summed E-state index contributed by atoms with van der Waals surface area (Å²) in [4.78, 5) is 7.40. The van der Waals surface area contributed by atoms with Crippen molar-refractivity contribution >= 4 is 0 Å². The van der Waals surface area contributed by atoms with Gasteiger partial charge in [-0.25, -0.2) is 0 Å². The highest BCUT2D eigenvalue weighted by atomic mass is 15.2. The van der Waals surface area contributed by atoms with Crippen LogP contribution in [0.5, 0.6) is 0 Å². The third-order valence-electron chi connectivity index (χ3n) is 5.68. The SMILES string of the molecule is CC.CC.CC.CC(CCN(C)C)C(C)(C)C(C)CN1CCN(C)CC1. The summed E-state index contributed by atoms with van der Waals surface area (Å²) in [7, 11) is 6.58. The molecule has 0 aromatic carbocycles. The molecule has 1 saturated heterocycles. The molecule has 3 heteroatoms. The van der Waals surface area contributed by atoms with Crippen molar-refractivity contribution in [1.82, 2.24) is 14.7 Å². The molecule has 0 N–H and O–H groups in total. The lowest BCUT2D eigenvalue weighted by Crippen LogP contribution is -2.48. The van der Waals surface area contributed by atoms with E-state index in [1.165, 1.54) is 45.7 Å². The van der Waals surface area contributed by atoms with Gasteiger partial charge in [-0.2, -0.15) is 0 Å². The molecule has 0 aromatic rings. The van der Waals surface area contributed by atoms with Gasteiger partial charge in [0.05, 0.1) is 0 Å². The largest absolute Gasteiger partial charge is 0.309 e. The van der Waals surface area contributed by atoms with Crippen molar-refractivity contribution in [2.75, 3.05) is 60.4 Å². The number of likely N-dealkylation sites (N-methyl/N-ethyl adjacent to an activating group) is 1. The maximum Gasteiger partial charge on any atom is 0.0110 e. The van der Waals surface area contributed by atoms with Crippen LogP contribution >= 0.6 is 0 Å². The van der Waals surface area contributed by atoms with Gasteiger partial charge in [-0.15, -0.1) is 0 Å². The van der Waals surface area contributed by atoms with Gasteiger partial charge in [0.2, 0.25) is 0 Å². The van der Waals surface area contributed by atoms with Gasteiger partial charge >= 0.3 is 0 Å². The third kappa shape index (κ3) is 13.1. The monoisotopic (exact) mass is 373 g/mol. The van der Waals surface area contributed by atoms with E-state index in [1.54, 1.807) is 0 Å². The van der Waals surface area contributed by atoms with Crippen molar-refractivity contribution in [3.63, 3.8) is 0 Å². The number of hydrogen-bond donors (Lipinski definition) is 0. The first kappa shape index (κ1) is 30.6. The molecule has 1 rings (SSSR count). The molecule has 0 radical (unpaired) electrons. The lowest BCUT2D eigenvalue weighted by molar-refractivity contribution is 0.0664. The first-order chi connectivity index (χ1) is 12.2. The summed E-state index contributed by atoms with van der Waals surface area (Å²) in [5.74, 6) is 1.52. The van der Waals surface area contributed by atoms with E-state index < -0.39 is 0 Å². The predicted octanol–water partition coefficient (Wildman–Crippen LogP) is 5.56. The van der Waals surface area contributed by atoms with Gasteiger partial charge in [0.15, 0.2) is 0 Å². The van der Waals surface area contributed by atoms with Crippen molar-refractivity contribution < 1.29 is 0 Å². The average Bonchev–Trinajstić information content (AvgIpc) is 2.66. The van der Waals surface area contributed by atoms with Crippen molar-refractivity contribution in [2.24, 2.45) is 17.3 Å². The zero-order chi connectivity index (χ0) is 21.3. The van der Waals surface area contributed by atoms with Crippen LogP contribution in [0.4, 0.5) is 0 Å². The van der Waals surface area contributed by atoms with Crippen LogP contribution in [0.15, 0.2) is 0 Å². The fourth-order valence-corrected chi connectivity index (χ4v) is 2.96. The van der Waals surface area contributed by atoms with Gasteiger partial charge in [0.25, 0.3) is 0 Å². The molecule has 1 fully saturated rings. The minimum Gasteiger partial charge on any atom is -0.309 e. The van der Waals surface area contributed by atoms with Gasteiger partial charge < -0.3 is 14.7 Å². The van der Waals surface area contributed by atoms with Gasteiger partial charge in [0.1, 0.15) is 0 Å². The summed E-state index contributed by atoms with van der Waals surface area (Å²) in [5, 5.41) is 0. The summed E-state index contributed by atoms with van der Waals surface area (Å²) >= 11 is 0. The molecular formula is C23H55N3. The zero-order valence-electron chi connectivity index (χ0n) is 20.9. The summed E-state index contributed by atoms with van der Waals surface area (Å²) < 4.78 is 0. The minimum atomic E-state index is 0.416. The molecular weight excluding hydrogens is 318 g/mol. The Balaban J connectivity index is -0.000000795.